The second-order valence-electron chi connectivity index (χ2n) is 6.69. The Morgan fingerprint density at radius 1 is 1.25 bits per heavy atom. The number of nitrogens with one attached hydrogen (secondary N) is 1. The van der Waals surface area contributed by atoms with Gasteiger partial charge in [-0.15, -0.1) is 0 Å². The molecule has 1 N–H and O–H groups in total. The van der Waals surface area contributed by atoms with Crippen molar-refractivity contribution >= 4 is 17.5 Å². The van der Waals surface area contributed by atoms with E-state index in [0.29, 0.717) is 22.9 Å². The zero-order valence-corrected chi connectivity index (χ0v) is 17.0. The Kier molecular flexibility index (Phi) is 6.37. The summed E-state index contributed by atoms with van der Waals surface area (Å²) >= 11 is 6.18. The van der Waals surface area contributed by atoms with E-state index in [1.165, 1.54) is 0 Å². The van der Waals surface area contributed by atoms with E-state index < -0.39 is 0 Å². The number of nitrogens with zero attached hydrogens (tertiary/aromatic N) is 2. The molecule has 3 aromatic rings. The predicted octanol–water partition coefficient (Wildman–Crippen LogP) is 4.93. The molecule has 1 amide bonds. The van der Waals surface area contributed by atoms with Crippen molar-refractivity contribution in [1.82, 2.24) is 15.1 Å². The van der Waals surface area contributed by atoms with Crippen LogP contribution in [0, 0.1) is 6.92 Å². The third kappa shape index (κ3) is 4.73. The molecule has 28 heavy (non-hydrogen) atoms. The summed E-state index contributed by atoms with van der Waals surface area (Å²) in [6, 6.07) is 14.8. The van der Waals surface area contributed by atoms with Gasteiger partial charge in [0.1, 0.15) is 12.4 Å². The Labute approximate surface area is 170 Å². The highest BCUT2D eigenvalue weighted by molar-refractivity contribution is 6.32. The van der Waals surface area contributed by atoms with Crippen molar-refractivity contribution in [3.63, 3.8) is 0 Å². The van der Waals surface area contributed by atoms with E-state index in [4.69, 9.17) is 16.3 Å². The van der Waals surface area contributed by atoms with Gasteiger partial charge in [-0.3, -0.25) is 9.48 Å². The van der Waals surface area contributed by atoms with Crippen LogP contribution >= 0.6 is 11.6 Å². The maximum absolute atomic E-state index is 12.7. The summed E-state index contributed by atoms with van der Waals surface area (Å²) in [5.41, 5.74) is 3.54. The smallest absolute Gasteiger partial charge is 0.251 e. The molecule has 1 heterocycles. The number of hydrogen-bond donors (Lipinski definition) is 1. The van der Waals surface area contributed by atoms with Crippen molar-refractivity contribution in [3.05, 3.63) is 82.1 Å². The van der Waals surface area contributed by atoms with Gasteiger partial charge in [0.25, 0.3) is 5.91 Å². The van der Waals surface area contributed by atoms with E-state index in [1.807, 2.05) is 67.9 Å². The zero-order chi connectivity index (χ0) is 20.1. The summed E-state index contributed by atoms with van der Waals surface area (Å²) in [6.45, 7) is 7.06. The molecular weight excluding hydrogens is 374 g/mol. The number of amides is 1. The van der Waals surface area contributed by atoms with Gasteiger partial charge in [0.2, 0.25) is 0 Å². The SMILES string of the molecule is CCn1nccc1C(C)NC(=O)c1cccc(COc2cc(C)ccc2Cl)c1. The average Bonchev–Trinajstić information content (AvgIpc) is 3.18. The molecule has 0 saturated carbocycles. The first-order valence-corrected chi connectivity index (χ1v) is 9.66. The molecule has 0 aliphatic carbocycles. The third-order valence-electron chi connectivity index (χ3n) is 4.51. The van der Waals surface area contributed by atoms with Crippen LogP contribution in [0.1, 0.15) is 47.1 Å². The van der Waals surface area contributed by atoms with Crippen LogP contribution in [0.2, 0.25) is 5.02 Å². The van der Waals surface area contributed by atoms with Crippen molar-refractivity contribution in [3.8, 4) is 5.75 Å². The molecule has 0 saturated heterocycles. The van der Waals surface area contributed by atoms with Gasteiger partial charge in [-0.1, -0.05) is 29.8 Å². The molecule has 0 aliphatic heterocycles. The summed E-state index contributed by atoms with van der Waals surface area (Å²) in [7, 11) is 0. The molecule has 0 radical (unpaired) electrons. The van der Waals surface area contributed by atoms with Crippen LogP contribution in [0.5, 0.6) is 5.75 Å². The molecule has 0 aliphatic rings. The van der Waals surface area contributed by atoms with Crippen molar-refractivity contribution in [2.45, 2.75) is 40.0 Å². The maximum atomic E-state index is 12.7. The summed E-state index contributed by atoms with van der Waals surface area (Å²) < 4.78 is 7.71. The molecule has 1 unspecified atom stereocenters. The second-order valence-corrected chi connectivity index (χ2v) is 7.10. The Balaban J connectivity index is 1.67. The zero-order valence-electron chi connectivity index (χ0n) is 16.3. The van der Waals surface area contributed by atoms with E-state index in [-0.39, 0.29) is 11.9 Å². The van der Waals surface area contributed by atoms with Crippen molar-refractivity contribution < 1.29 is 9.53 Å². The van der Waals surface area contributed by atoms with E-state index in [1.54, 1.807) is 12.3 Å². The van der Waals surface area contributed by atoms with Gasteiger partial charge in [-0.05, 0) is 62.2 Å². The van der Waals surface area contributed by atoms with Gasteiger partial charge in [0.05, 0.1) is 16.8 Å². The van der Waals surface area contributed by atoms with Gasteiger partial charge in [0, 0.05) is 18.3 Å². The number of carbonyl (C=O) groups excluding carboxylic acids is 1. The molecule has 3 rings (SSSR count). The van der Waals surface area contributed by atoms with Crippen molar-refractivity contribution in [2.24, 2.45) is 0 Å². The van der Waals surface area contributed by atoms with E-state index in [0.717, 1.165) is 23.4 Å². The fourth-order valence-corrected chi connectivity index (χ4v) is 3.19. The maximum Gasteiger partial charge on any atom is 0.251 e. The number of ether oxygens (including phenoxy) is 1. The largest absolute Gasteiger partial charge is 0.487 e. The van der Waals surface area contributed by atoms with Crippen LogP contribution in [0.15, 0.2) is 54.7 Å². The highest BCUT2D eigenvalue weighted by atomic mass is 35.5. The molecule has 146 valence electrons. The van der Waals surface area contributed by atoms with Crippen LogP contribution in [0.25, 0.3) is 0 Å². The minimum Gasteiger partial charge on any atom is -0.487 e. The minimum atomic E-state index is -0.138. The number of carbonyl (C=O) groups is 1. The summed E-state index contributed by atoms with van der Waals surface area (Å²) in [5.74, 6) is 0.504. The number of rotatable bonds is 7. The Hall–Kier alpha value is -2.79. The summed E-state index contributed by atoms with van der Waals surface area (Å²) in [4.78, 5) is 12.7. The highest BCUT2D eigenvalue weighted by Crippen LogP contribution is 2.26. The predicted molar refractivity (Wildman–Crippen MR) is 111 cm³/mol. The standard InChI is InChI=1S/C22H24ClN3O2/c1-4-26-20(10-11-24-26)16(3)25-22(27)18-7-5-6-17(13-18)14-28-21-12-15(2)8-9-19(21)23/h5-13,16H,4,14H2,1-3H3,(H,25,27). The molecule has 0 spiro atoms. The molecule has 2 aromatic carbocycles. The van der Waals surface area contributed by atoms with Crippen LogP contribution in [0.3, 0.4) is 0 Å². The monoisotopic (exact) mass is 397 g/mol. The molecular formula is C22H24ClN3O2. The van der Waals surface area contributed by atoms with Crippen LogP contribution < -0.4 is 10.1 Å². The highest BCUT2D eigenvalue weighted by Gasteiger charge is 2.15. The Morgan fingerprint density at radius 2 is 2.07 bits per heavy atom. The number of hydrogen-bond acceptors (Lipinski definition) is 3. The summed E-state index contributed by atoms with van der Waals surface area (Å²) in [5, 5.41) is 7.85. The van der Waals surface area contributed by atoms with E-state index in [9.17, 15) is 4.79 Å². The lowest BCUT2D eigenvalue weighted by molar-refractivity contribution is 0.0938. The van der Waals surface area contributed by atoms with Crippen LogP contribution in [-0.4, -0.2) is 15.7 Å². The van der Waals surface area contributed by atoms with Gasteiger partial charge in [-0.2, -0.15) is 5.10 Å². The quantitative estimate of drug-likeness (QED) is 0.614. The molecule has 1 aromatic heterocycles. The van der Waals surface area contributed by atoms with Crippen molar-refractivity contribution in [2.75, 3.05) is 0 Å². The number of halogens is 1. The van der Waals surface area contributed by atoms with Crippen molar-refractivity contribution in [1.29, 1.82) is 0 Å². The first-order chi connectivity index (χ1) is 13.5. The fraction of sp³-hybridized carbons (Fsp3) is 0.273. The lowest BCUT2D eigenvalue weighted by Gasteiger charge is -2.16. The first kappa shape index (κ1) is 20.0. The first-order valence-electron chi connectivity index (χ1n) is 9.28. The molecule has 0 fully saturated rings. The number of benzene rings is 2. The topological polar surface area (TPSA) is 56.2 Å². The molecule has 0 bridgehead atoms. The lowest BCUT2D eigenvalue weighted by Crippen LogP contribution is -2.28. The fourth-order valence-electron chi connectivity index (χ4n) is 3.01. The Bertz CT molecular complexity index is 968. The molecule has 6 heteroatoms. The molecule has 1 atom stereocenters. The normalized spacial score (nSPS) is 11.9. The van der Waals surface area contributed by atoms with Gasteiger partial charge in [-0.25, -0.2) is 0 Å². The lowest BCUT2D eigenvalue weighted by atomic mass is 10.1. The van der Waals surface area contributed by atoms with Crippen LogP contribution in [0.4, 0.5) is 0 Å². The number of aryl methyl sites for hydroxylation is 2. The van der Waals surface area contributed by atoms with Gasteiger partial charge >= 0.3 is 0 Å². The van der Waals surface area contributed by atoms with Crippen LogP contribution in [-0.2, 0) is 13.2 Å². The van der Waals surface area contributed by atoms with E-state index >= 15 is 0 Å². The summed E-state index contributed by atoms with van der Waals surface area (Å²) in [6.07, 6.45) is 1.75. The molecule has 5 nitrogen and oxygen atoms in total. The third-order valence-corrected chi connectivity index (χ3v) is 4.82. The second kappa shape index (κ2) is 8.93. The van der Waals surface area contributed by atoms with Gasteiger partial charge < -0.3 is 10.1 Å². The minimum absolute atomic E-state index is 0.133. The average molecular weight is 398 g/mol. The Morgan fingerprint density at radius 3 is 2.86 bits per heavy atom. The van der Waals surface area contributed by atoms with E-state index in [2.05, 4.69) is 10.4 Å². The van der Waals surface area contributed by atoms with Gasteiger partial charge in [0.15, 0.2) is 0 Å². The number of aromatic nitrogens is 2.